The standard InChI is InChI=1S/C13H27N3O3/c1-6-16(9-7-8-15(4)5)13(19)14-11(10(2)3)12(17)18/h10-11H,6-9H2,1-5H3,(H,14,19)(H,17,18). The summed E-state index contributed by atoms with van der Waals surface area (Å²) in [5.74, 6) is -1.13. The Labute approximate surface area is 115 Å². The summed E-state index contributed by atoms with van der Waals surface area (Å²) in [6.45, 7) is 7.55. The van der Waals surface area contributed by atoms with E-state index in [2.05, 4.69) is 10.2 Å². The van der Waals surface area contributed by atoms with Gasteiger partial charge in [-0.3, -0.25) is 0 Å². The molecular weight excluding hydrogens is 246 g/mol. The third kappa shape index (κ3) is 7.00. The Kier molecular flexibility index (Phi) is 8.14. The topological polar surface area (TPSA) is 72.9 Å². The Morgan fingerprint density at radius 1 is 1.21 bits per heavy atom. The van der Waals surface area contributed by atoms with Crippen LogP contribution in [-0.4, -0.2) is 66.7 Å². The van der Waals surface area contributed by atoms with E-state index in [1.807, 2.05) is 21.0 Å². The van der Waals surface area contributed by atoms with E-state index in [4.69, 9.17) is 5.11 Å². The lowest BCUT2D eigenvalue weighted by Crippen LogP contribution is -2.50. The van der Waals surface area contributed by atoms with Crippen molar-refractivity contribution in [3.05, 3.63) is 0 Å². The average molecular weight is 273 g/mol. The molecule has 0 saturated heterocycles. The normalized spacial score (nSPS) is 12.6. The number of amides is 2. The number of carbonyl (C=O) groups excluding carboxylic acids is 1. The first-order valence-electron chi connectivity index (χ1n) is 6.72. The summed E-state index contributed by atoms with van der Waals surface area (Å²) in [5, 5.41) is 11.6. The van der Waals surface area contributed by atoms with Crippen LogP contribution in [0.25, 0.3) is 0 Å². The van der Waals surface area contributed by atoms with Crippen LogP contribution in [0.1, 0.15) is 27.2 Å². The van der Waals surface area contributed by atoms with Gasteiger partial charge in [0.2, 0.25) is 0 Å². The fourth-order valence-electron chi connectivity index (χ4n) is 1.72. The molecule has 2 amide bonds. The first kappa shape index (κ1) is 17.7. The van der Waals surface area contributed by atoms with Gasteiger partial charge in [0, 0.05) is 13.1 Å². The van der Waals surface area contributed by atoms with Crippen LogP contribution in [0.15, 0.2) is 0 Å². The number of hydrogen-bond acceptors (Lipinski definition) is 3. The van der Waals surface area contributed by atoms with E-state index in [-0.39, 0.29) is 11.9 Å². The SMILES string of the molecule is CCN(CCCN(C)C)C(=O)NC(C(=O)O)C(C)C. The second-order valence-corrected chi connectivity index (χ2v) is 5.25. The Balaban J connectivity index is 4.37. The van der Waals surface area contributed by atoms with Crippen LogP contribution in [0, 0.1) is 5.92 Å². The lowest BCUT2D eigenvalue weighted by atomic mass is 10.1. The van der Waals surface area contributed by atoms with Crippen LogP contribution >= 0.6 is 0 Å². The van der Waals surface area contributed by atoms with Crippen molar-refractivity contribution >= 4 is 12.0 Å². The summed E-state index contributed by atoms with van der Waals surface area (Å²) < 4.78 is 0. The zero-order valence-electron chi connectivity index (χ0n) is 12.6. The Bertz CT molecular complexity index is 293. The van der Waals surface area contributed by atoms with Gasteiger partial charge in [-0.1, -0.05) is 13.8 Å². The third-order valence-corrected chi connectivity index (χ3v) is 2.91. The van der Waals surface area contributed by atoms with Gasteiger partial charge < -0.3 is 20.2 Å². The highest BCUT2D eigenvalue weighted by atomic mass is 16.4. The van der Waals surface area contributed by atoms with Crippen molar-refractivity contribution in [2.45, 2.75) is 33.2 Å². The molecule has 0 fully saturated rings. The summed E-state index contributed by atoms with van der Waals surface area (Å²) >= 11 is 0. The lowest BCUT2D eigenvalue weighted by molar-refractivity contribution is -0.140. The van der Waals surface area contributed by atoms with Crippen LogP contribution in [0.3, 0.4) is 0 Å². The Morgan fingerprint density at radius 2 is 1.79 bits per heavy atom. The van der Waals surface area contributed by atoms with Crippen LogP contribution in [-0.2, 0) is 4.79 Å². The summed E-state index contributed by atoms with van der Waals surface area (Å²) in [6.07, 6.45) is 0.869. The van der Waals surface area contributed by atoms with E-state index in [0.29, 0.717) is 13.1 Å². The minimum absolute atomic E-state index is 0.137. The molecule has 0 bridgehead atoms. The van der Waals surface area contributed by atoms with Gasteiger partial charge in [-0.2, -0.15) is 0 Å². The molecule has 1 unspecified atom stereocenters. The minimum atomic E-state index is -0.993. The largest absolute Gasteiger partial charge is 0.480 e. The number of carboxylic acid groups (broad SMARTS) is 1. The number of nitrogens with zero attached hydrogens (tertiary/aromatic N) is 2. The molecule has 0 heterocycles. The molecule has 6 heteroatoms. The molecule has 0 aliphatic heterocycles. The maximum atomic E-state index is 12.0. The number of carbonyl (C=O) groups is 2. The highest BCUT2D eigenvalue weighted by molar-refractivity contribution is 5.82. The van der Waals surface area contributed by atoms with Gasteiger partial charge in [-0.05, 0) is 39.9 Å². The lowest BCUT2D eigenvalue weighted by Gasteiger charge is -2.25. The van der Waals surface area contributed by atoms with E-state index in [1.54, 1.807) is 18.7 Å². The number of carboxylic acids is 1. The zero-order chi connectivity index (χ0) is 15.0. The molecule has 0 aliphatic rings. The second kappa shape index (κ2) is 8.74. The van der Waals surface area contributed by atoms with Crippen molar-refractivity contribution in [3.63, 3.8) is 0 Å². The van der Waals surface area contributed by atoms with Crippen LogP contribution < -0.4 is 5.32 Å². The first-order chi connectivity index (χ1) is 8.79. The van der Waals surface area contributed by atoms with Crippen molar-refractivity contribution < 1.29 is 14.7 Å². The fraction of sp³-hybridized carbons (Fsp3) is 0.846. The van der Waals surface area contributed by atoms with Crippen molar-refractivity contribution in [2.24, 2.45) is 5.92 Å². The van der Waals surface area contributed by atoms with Gasteiger partial charge in [0.05, 0.1) is 0 Å². The van der Waals surface area contributed by atoms with Crippen LogP contribution in [0.5, 0.6) is 0 Å². The number of rotatable bonds is 8. The molecule has 6 nitrogen and oxygen atoms in total. The first-order valence-corrected chi connectivity index (χ1v) is 6.72. The molecule has 19 heavy (non-hydrogen) atoms. The molecule has 0 spiro atoms. The van der Waals surface area contributed by atoms with Crippen molar-refractivity contribution in [1.82, 2.24) is 15.1 Å². The molecule has 0 aromatic rings. The van der Waals surface area contributed by atoms with Gasteiger partial charge in [-0.25, -0.2) is 9.59 Å². The van der Waals surface area contributed by atoms with Crippen LogP contribution in [0.2, 0.25) is 0 Å². The monoisotopic (exact) mass is 273 g/mol. The summed E-state index contributed by atoms with van der Waals surface area (Å²) in [5.41, 5.74) is 0. The van der Waals surface area contributed by atoms with E-state index in [0.717, 1.165) is 13.0 Å². The highest BCUT2D eigenvalue weighted by Gasteiger charge is 2.25. The fourth-order valence-corrected chi connectivity index (χ4v) is 1.72. The number of urea groups is 1. The molecule has 0 rings (SSSR count). The summed E-state index contributed by atoms with van der Waals surface area (Å²) in [4.78, 5) is 26.8. The molecule has 1 atom stereocenters. The summed E-state index contributed by atoms with van der Waals surface area (Å²) in [6, 6.07) is -1.14. The molecule has 112 valence electrons. The predicted molar refractivity (Wildman–Crippen MR) is 75.2 cm³/mol. The predicted octanol–water partition coefficient (Wildman–Crippen LogP) is 1.08. The zero-order valence-corrected chi connectivity index (χ0v) is 12.6. The minimum Gasteiger partial charge on any atom is -0.480 e. The molecule has 0 aromatic heterocycles. The van der Waals surface area contributed by atoms with E-state index in [9.17, 15) is 9.59 Å². The number of nitrogens with one attached hydrogen (secondary N) is 1. The third-order valence-electron chi connectivity index (χ3n) is 2.91. The molecule has 0 aromatic carbocycles. The molecule has 2 N–H and O–H groups in total. The van der Waals surface area contributed by atoms with E-state index >= 15 is 0 Å². The van der Waals surface area contributed by atoms with Crippen LogP contribution in [0.4, 0.5) is 4.79 Å². The second-order valence-electron chi connectivity index (χ2n) is 5.25. The van der Waals surface area contributed by atoms with E-state index < -0.39 is 12.0 Å². The quantitative estimate of drug-likeness (QED) is 0.694. The maximum Gasteiger partial charge on any atom is 0.326 e. The van der Waals surface area contributed by atoms with Crippen molar-refractivity contribution in [1.29, 1.82) is 0 Å². The molecule has 0 aliphatic carbocycles. The average Bonchev–Trinajstić information content (AvgIpc) is 2.30. The van der Waals surface area contributed by atoms with Gasteiger partial charge in [0.1, 0.15) is 6.04 Å². The molecule has 0 saturated carbocycles. The van der Waals surface area contributed by atoms with E-state index in [1.165, 1.54) is 0 Å². The Hall–Kier alpha value is -1.30. The smallest absolute Gasteiger partial charge is 0.326 e. The molecular formula is C13H27N3O3. The van der Waals surface area contributed by atoms with Gasteiger partial charge >= 0.3 is 12.0 Å². The van der Waals surface area contributed by atoms with Crippen molar-refractivity contribution in [3.8, 4) is 0 Å². The van der Waals surface area contributed by atoms with Crippen molar-refractivity contribution in [2.75, 3.05) is 33.7 Å². The number of hydrogen-bond donors (Lipinski definition) is 2. The van der Waals surface area contributed by atoms with Gasteiger partial charge in [-0.15, -0.1) is 0 Å². The highest BCUT2D eigenvalue weighted by Crippen LogP contribution is 2.03. The number of aliphatic carboxylic acids is 1. The maximum absolute atomic E-state index is 12.0. The molecule has 0 radical (unpaired) electrons. The van der Waals surface area contributed by atoms with Gasteiger partial charge in [0.25, 0.3) is 0 Å². The summed E-state index contributed by atoms with van der Waals surface area (Å²) in [7, 11) is 3.96. The van der Waals surface area contributed by atoms with Gasteiger partial charge in [0.15, 0.2) is 0 Å². The Morgan fingerprint density at radius 3 is 2.16 bits per heavy atom.